The van der Waals surface area contributed by atoms with Crippen LogP contribution >= 0.6 is 11.6 Å². The van der Waals surface area contributed by atoms with Crippen molar-refractivity contribution in [2.24, 2.45) is 0 Å². The van der Waals surface area contributed by atoms with Gasteiger partial charge in [-0.05, 0) is 37.3 Å². The Labute approximate surface area is 152 Å². The Kier molecular flexibility index (Phi) is 3.70. The Bertz CT molecular complexity index is 1070. The third-order valence-corrected chi connectivity index (χ3v) is 4.36. The molecule has 128 valence electrons. The molecule has 1 aliphatic rings. The van der Waals surface area contributed by atoms with Crippen molar-refractivity contribution in [3.63, 3.8) is 0 Å². The van der Waals surface area contributed by atoms with Crippen LogP contribution < -0.4 is 0 Å². The van der Waals surface area contributed by atoms with E-state index in [0.29, 0.717) is 26.7 Å². The molecule has 26 heavy (non-hydrogen) atoms. The fourth-order valence-corrected chi connectivity index (χ4v) is 2.99. The highest BCUT2D eigenvalue weighted by atomic mass is 35.5. The van der Waals surface area contributed by atoms with Gasteiger partial charge in [-0.2, -0.15) is 0 Å². The number of fused-ring (bicyclic) bond motifs is 2. The number of aromatic nitrogens is 1. The molecule has 0 radical (unpaired) electrons. The summed E-state index contributed by atoms with van der Waals surface area (Å²) < 4.78 is 0. The van der Waals surface area contributed by atoms with Gasteiger partial charge in [-0.15, -0.1) is 0 Å². The van der Waals surface area contributed by atoms with Gasteiger partial charge < -0.3 is 4.84 Å². The van der Waals surface area contributed by atoms with E-state index in [9.17, 15) is 14.4 Å². The third kappa shape index (κ3) is 2.51. The normalized spacial score (nSPS) is 13.2. The summed E-state index contributed by atoms with van der Waals surface area (Å²) >= 11 is 5.95. The second kappa shape index (κ2) is 5.93. The van der Waals surface area contributed by atoms with Gasteiger partial charge in [0.05, 0.1) is 27.9 Å². The number of hydrogen-bond donors (Lipinski definition) is 0. The van der Waals surface area contributed by atoms with Crippen LogP contribution in [-0.4, -0.2) is 27.8 Å². The molecule has 0 bridgehead atoms. The molecule has 0 aliphatic carbocycles. The van der Waals surface area contributed by atoms with Gasteiger partial charge in [-0.3, -0.25) is 14.6 Å². The number of pyridine rings is 1. The monoisotopic (exact) mass is 366 g/mol. The van der Waals surface area contributed by atoms with E-state index in [1.54, 1.807) is 43.3 Å². The van der Waals surface area contributed by atoms with Crippen LogP contribution in [0, 0.1) is 6.92 Å². The van der Waals surface area contributed by atoms with E-state index in [-0.39, 0.29) is 16.7 Å². The number of amides is 2. The number of hydroxylamine groups is 2. The molecular weight excluding hydrogens is 356 g/mol. The minimum atomic E-state index is -0.832. The first-order chi connectivity index (χ1) is 12.5. The Morgan fingerprint density at radius 1 is 1.04 bits per heavy atom. The highest BCUT2D eigenvalue weighted by Crippen LogP contribution is 2.25. The molecular formula is C19H11ClN2O4. The van der Waals surface area contributed by atoms with Crippen LogP contribution in [-0.2, 0) is 4.84 Å². The highest BCUT2D eigenvalue weighted by Gasteiger charge is 2.39. The van der Waals surface area contributed by atoms with Crippen LogP contribution in [0.3, 0.4) is 0 Å². The highest BCUT2D eigenvalue weighted by molar-refractivity contribution is 6.31. The average molecular weight is 367 g/mol. The lowest BCUT2D eigenvalue weighted by Crippen LogP contribution is -2.33. The van der Waals surface area contributed by atoms with Crippen molar-refractivity contribution >= 4 is 40.3 Å². The molecule has 7 heteroatoms. The molecule has 0 saturated heterocycles. The number of rotatable bonds is 2. The van der Waals surface area contributed by atoms with Crippen molar-refractivity contribution in [1.29, 1.82) is 0 Å². The fourth-order valence-electron chi connectivity index (χ4n) is 2.83. The van der Waals surface area contributed by atoms with Crippen LogP contribution in [0.2, 0.25) is 5.02 Å². The smallest absolute Gasteiger partial charge is 0.324 e. The average Bonchev–Trinajstić information content (AvgIpc) is 2.86. The maximum Gasteiger partial charge on any atom is 0.365 e. The molecule has 2 amide bonds. The summed E-state index contributed by atoms with van der Waals surface area (Å²) in [5, 5.41) is 1.71. The Balaban J connectivity index is 1.66. The first kappa shape index (κ1) is 16.2. The van der Waals surface area contributed by atoms with Crippen molar-refractivity contribution in [2.45, 2.75) is 6.92 Å². The predicted octanol–water partition coefficient (Wildman–Crippen LogP) is 3.56. The minimum Gasteiger partial charge on any atom is -0.324 e. The molecule has 1 aromatic heterocycles. The van der Waals surface area contributed by atoms with E-state index in [0.717, 1.165) is 0 Å². The molecule has 0 N–H and O–H groups in total. The second-order valence-corrected chi connectivity index (χ2v) is 6.22. The Morgan fingerprint density at radius 2 is 1.69 bits per heavy atom. The number of hydrogen-bond acceptors (Lipinski definition) is 5. The molecule has 0 fully saturated rings. The molecule has 0 spiro atoms. The van der Waals surface area contributed by atoms with Crippen molar-refractivity contribution in [1.82, 2.24) is 10.0 Å². The predicted molar refractivity (Wildman–Crippen MR) is 93.8 cm³/mol. The molecule has 0 atom stereocenters. The van der Waals surface area contributed by atoms with E-state index < -0.39 is 17.8 Å². The molecule has 0 saturated carbocycles. The molecule has 0 unspecified atom stereocenters. The summed E-state index contributed by atoms with van der Waals surface area (Å²) in [5.74, 6) is -2.17. The molecule has 2 heterocycles. The minimum absolute atomic E-state index is 0.163. The molecule has 4 rings (SSSR count). The fraction of sp³-hybridized carbons (Fsp3) is 0.0526. The van der Waals surface area contributed by atoms with Crippen LogP contribution in [0.5, 0.6) is 0 Å². The lowest BCUT2D eigenvalue weighted by Gasteiger charge is -2.14. The summed E-state index contributed by atoms with van der Waals surface area (Å²) in [7, 11) is 0. The van der Waals surface area contributed by atoms with E-state index >= 15 is 0 Å². The largest absolute Gasteiger partial charge is 0.365 e. The van der Waals surface area contributed by atoms with Crippen LogP contribution in [0.25, 0.3) is 10.9 Å². The lowest BCUT2D eigenvalue weighted by atomic mass is 10.1. The number of aryl methyl sites for hydroxylation is 1. The SMILES string of the molecule is Cc1nc2cc(Cl)ccc2cc1C(=O)ON1C(=O)c2ccccc2C1=O. The first-order valence-corrected chi connectivity index (χ1v) is 8.10. The number of benzene rings is 2. The summed E-state index contributed by atoms with van der Waals surface area (Å²) in [5.41, 5.74) is 1.60. The van der Waals surface area contributed by atoms with E-state index in [1.807, 2.05) is 0 Å². The maximum absolute atomic E-state index is 12.5. The van der Waals surface area contributed by atoms with Crippen LogP contribution in [0.15, 0.2) is 48.5 Å². The van der Waals surface area contributed by atoms with Crippen molar-refractivity contribution in [3.05, 3.63) is 75.9 Å². The van der Waals surface area contributed by atoms with Gasteiger partial charge in [0.15, 0.2) is 0 Å². The standard InChI is InChI=1S/C19H11ClN2O4/c1-10-15(8-11-6-7-12(20)9-16(11)21-10)19(25)26-22-17(23)13-4-2-3-5-14(13)18(22)24/h2-9H,1H3. The van der Waals surface area contributed by atoms with Crippen LogP contribution in [0.4, 0.5) is 0 Å². The lowest BCUT2D eigenvalue weighted by molar-refractivity contribution is -0.0585. The number of carbonyl (C=O) groups excluding carboxylic acids is 3. The van der Waals surface area contributed by atoms with E-state index in [1.165, 1.54) is 12.1 Å². The number of carbonyl (C=O) groups is 3. The van der Waals surface area contributed by atoms with Crippen molar-refractivity contribution < 1.29 is 19.2 Å². The summed E-state index contributed by atoms with van der Waals surface area (Å²) in [6.45, 7) is 1.64. The molecule has 2 aromatic carbocycles. The summed E-state index contributed by atoms with van der Waals surface area (Å²) in [6.07, 6.45) is 0. The van der Waals surface area contributed by atoms with Gasteiger partial charge in [-0.25, -0.2) is 4.79 Å². The summed E-state index contributed by atoms with van der Waals surface area (Å²) in [6, 6.07) is 13.0. The topological polar surface area (TPSA) is 76.6 Å². The summed E-state index contributed by atoms with van der Waals surface area (Å²) in [4.78, 5) is 46.6. The Morgan fingerprint density at radius 3 is 2.35 bits per heavy atom. The van der Waals surface area contributed by atoms with Gasteiger partial charge in [0.2, 0.25) is 0 Å². The van der Waals surface area contributed by atoms with E-state index in [4.69, 9.17) is 16.4 Å². The maximum atomic E-state index is 12.5. The van der Waals surface area contributed by atoms with Crippen molar-refractivity contribution in [2.75, 3.05) is 0 Å². The van der Waals surface area contributed by atoms with Gasteiger partial charge in [0, 0.05) is 10.4 Å². The van der Waals surface area contributed by atoms with Crippen molar-refractivity contribution in [3.8, 4) is 0 Å². The molecule has 6 nitrogen and oxygen atoms in total. The zero-order valence-corrected chi connectivity index (χ0v) is 14.3. The quantitative estimate of drug-likeness (QED) is 0.648. The van der Waals surface area contributed by atoms with Gasteiger partial charge in [0.1, 0.15) is 0 Å². The second-order valence-electron chi connectivity index (χ2n) is 5.79. The van der Waals surface area contributed by atoms with Gasteiger partial charge >= 0.3 is 5.97 Å². The Hall–Kier alpha value is -3.25. The first-order valence-electron chi connectivity index (χ1n) is 7.73. The number of halogens is 1. The molecule has 3 aromatic rings. The van der Waals surface area contributed by atoms with Gasteiger partial charge in [-0.1, -0.05) is 34.9 Å². The number of imide groups is 1. The van der Waals surface area contributed by atoms with Crippen LogP contribution in [0.1, 0.15) is 36.8 Å². The van der Waals surface area contributed by atoms with E-state index in [2.05, 4.69) is 4.98 Å². The third-order valence-electron chi connectivity index (χ3n) is 4.12. The zero-order valence-electron chi connectivity index (χ0n) is 13.5. The number of nitrogens with zero attached hydrogens (tertiary/aromatic N) is 2. The molecule has 1 aliphatic heterocycles. The zero-order chi connectivity index (χ0) is 18.4. The van der Waals surface area contributed by atoms with Gasteiger partial charge in [0.25, 0.3) is 11.8 Å².